The van der Waals surface area contributed by atoms with E-state index >= 15 is 0 Å². The first kappa shape index (κ1) is 16.9. The molecule has 2 aromatic carbocycles. The molecule has 2 aliphatic rings. The third-order valence-corrected chi connectivity index (χ3v) is 5.51. The molecule has 0 radical (unpaired) electrons. The molecule has 5 nitrogen and oxygen atoms in total. The summed E-state index contributed by atoms with van der Waals surface area (Å²) in [5.74, 6) is 0.115. The van der Waals surface area contributed by atoms with Gasteiger partial charge in [-0.3, -0.25) is 9.59 Å². The minimum absolute atomic E-state index is 0.0172. The highest BCUT2D eigenvalue weighted by atomic mass is 35.5. The van der Waals surface area contributed by atoms with Crippen molar-refractivity contribution >= 4 is 34.8 Å². The lowest BCUT2D eigenvalue weighted by atomic mass is 10.1. The van der Waals surface area contributed by atoms with E-state index in [4.69, 9.17) is 11.6 Å². The van der Waals surface area contributed by atoms with Crippen LogP contribution in [0.4, 0.5) is 11.4 Å². The lowest BCUT2D eigenvalue weighted by Gasteiger charge is -2.36. The molecule has 4 rings (SSSR count). The average Bonchev–Trinajstić information content (AvgIpc) is 2.95. The second kappa shape index (κ2) is 6.65. The zero-order valence-electron chi connectivity index (χ0n) is 14.6. The fourth-order valence-electron chi connectivity index (χ4n) is 3.63. The minimum Gasteiger partial charge on any atom is -0.368 e. The van der Waals surface area contributed by atoms with Gasteiger partial charge in [0.25, 0.3) is 5.91 Å². The van der Waals surface area contributed by atoms with Gasteiger partial charge in [0.1, 0.15) is 0 Å². The third-order valence-electron chi connectivity index (χ3n) is 5.18. The highest BCUT2D eigenvalue weighted by molar-refractivity contribution is 6.33. The van der Waals surface area contributed by atoms with Gasteiger partial charge in [0, 0.05) is 44.6 Å². The maximum absolute atomic E-state index is 12.7. The van der Waals surface area contributed by atoms with Crippen LogP contribution >= 0.6 is 11.6 Å². The summed E-state index contributed by atoms with van der Waals surface area (Å²) in [5.41, 5.74) is 3.73. The van der Waals surface area contributed by atoms with Crippen molar-refractivity contribution in [2.45, 2.75) is 6.42 Å². The van der Waals surface area contributed by atoms with E-state index < -0.39 is 0 Å². The van der Waals surface area contributed by atoms with Gasteiger partial charge in [-0.2, -0.15) is 0 Å². The number of hydrogen-bond donors (Lipinski definition) is 0. The maximum Gasteiger partial charge on any atom is 0.255 e. The molecule has 0 unspecified atom stereocenters. The van der Waals surface area contributed by atoms with Gasteiger partial charge < -0.3 is 14.7 Å². The number of hydrogen-bond acceptors (Lipinski definition) is 3. The lowest BCUT2D eigenvalue weighted by Crippen LogP contribution is -2.48. The molecule has 2 aromatic rings. The zero-order valence-corrected chi connectivity index (χ0v) is 15.4. The predicted molar refractivity (Wildman–Crippen MR) is 103 cm³/mol. The minimum atomic E-state index is -0.0172. The van der Waals surface area contributed by atoms with Crippen LogP contribution in [0, 0.1) is 0 Å². The number of anilines is 2. The molecule has 0 saturated carbocycles. The Hall–Kier alpha value is -2.53. The fraction of sp³-hybridized carbons (Fsp3) is 0.300. The Morgan fingerprint density at radius 3 is 2.50 bits per heavy atom. The molecule has 0 bridgehead atoms. The predicted octanol–water partition coefficient (Wildman–Crippen LogP) is 2.82. The van der Waals surface area contributed by atoms with E-state index in [9.17, 15) is 9.59 Å². The van der Waals surface area contributed by atoms with Gasteiger partial charge in [0.05, 0.1) is 17.0 Å². The summed E-state index contributed by atoms with van der Waals surface area (Å²) in [7, 11) is 1.81. The number of amides is 2. The molecule has 6 heteroatoms. The van der Waals surface area contributed by atoms with Crippen LogP contribution in [0.3, 0.4) is 0 Å². The second-order valence-electron chi connectivity index (χ2n) is 6.70. The second-order valence-corrected chi connectivity index (χ2v) is 7.11. The van der Waals surface area contributed by atoms with Crippen molar-refractivity contribution in [3.8, 4) is 0 Å². The summed E-state index contributed by atoms with van der Waals surface area (Å²) >= 11 is 6.15. The SMILES string of the molecule is CN1C(=O)Cc2cc(N3CCN(C(=O)c4ccccc4Cl)CC3)ccc21. The van der Waals surface area contributed by atoms with E-state index in [1.807, 2.05) is 30.1 Å². The quantitative estimate of drug-likeness (QED) is 0.817. The number of fused-ring (bicyclic) bond motifs is 1. The molecular weight excluding hydrogens is 350 g/mol. The van der Waals surface area contributed by atoms with Crippen molar-refractivity contribution in [1.29, 1.82) is 0 Å². The van der Waals surface area contributed by atoms with Crippen molar-refractivity contribution in [2.75, 3.05) is 43.0 Å². The molecule has 1 fully saturated rings. The van der Waals surface area contributed by atoms with E-state index in [1.54, 1.807) is 17.0 Å². The van der Waals surface area contributed by atoms with Gasteiger partial charge >= 0.3 is 0 Å². The van der Waals surface area contributed by atoms with Crippen molar-refractivity contribution < 1.29 is 9.59 Å². The van der Waals surface area contributed by atoms with Crippen LogP contribution in [-0.2, 0) is 11.2 Å². The molecule has 0 aromatic heterocycles. The van der Waals surface area contributed by atoms with Gasteiger partial charge in [-0.25, -0.2) is 0 Å². The molecule has 0 atom stereocenters. The Kier molecular flexibility index (Phi) is 4.32. The summed E-state index contributed by atoms with van der Waals surface area (Å²) in [6, 6.07) is 13.3. The Balaban J connectivity index is 1.45. The van der Waals surface area contributed by atoms with Crippen LogP contribution < -0.4 is 9.80 Å². The molecule has 134 valence electrons. The highest BCUT2D eigenvalue weighted by Crippen LogP contribution is 2.31. The van der Waals surface area contributed by atoms with Crippen molar-refractivity contribution in [3.63, 3.8) is 0 Å². The largest absolute Gasteiger partial charge is 0.368 e. The number of benzene rings is 2. The monoisotopic (exact) mass is 369 g/mol. The molecule has 26 heavy (non-hydrogen) atoms. The molecule has 0 spiro atoms. The standard InChI is InChI=1S/C20H20ClN3O2/c1-22-18-7-6-15(12-14(18)13-19(22)25)23-8-10-24(11-9-23)20(26)16-4-2-3-5-17(16)21/h2-7,12H,8-11,13H2,1H3. The van der Waals surface area contributed by atoms with Crippen LogP contribution in [0.25, 0.3) is 0 Å². The highest BCUT2D eigenvalue weighted by Gasteiger charge is 2.27. The molecule has 2 aliphatic heterocycles. The topological polar surface area (TPSA) is 43.9 Å². The first-order chi connectivity index (χ1) is 12.5. The number of nitrogens with zero attached hydrogens (tertiary/aromatic N) is 3. The molecule has 1 saturated heterocycles. The Bertz CT molecular complexity index is 875. The zero-order chi connectivity index (χ0) is 18.3. The van der Waals surface area contributed by atoms with Crippen molar-refractivity contribution in [2.24, 2.45) is 0 Å². The number of carbonyl (C=O) groups is 2. The van der Waals surface area contributed by atoms with Gasteiger partial charge in [-0.1, -0.05) is 23.7 Å². The molecular formula is C20H20ClN3O2. The van der Waals surface area contributed by atoms with E-state index in [0.29, 0.717) is 30.1 Å². The normalized spacial score (nSPS) is 16.8. The van der Waals surface area contributed by atoms with E-state index in [0.717, 1.165) is 30.0 Å². The van der Waals surface area contributed by atoms with Crippen LogP contribution in [0.2, 0.25) is 5.02 Å². The summed E-state index contributed by atoms with van der Waals surface area (Å²) in [6.45, 7) is 2.83. The van der Waals surface area contributed by atoms with Gasteiger partial charge in [-0.05, 0) is 35.9 Å². The van der Waals surface area contributed by atoms with E-state index in [2.05, 4.69) is 17.0 Å². The summed E-state index contributed by atoms with van der Waals surface area (Å²) in [5, 5.41) is 0.493. The third kappa shape index (κ3) is 2.92. The molecule has 0 aliphatic carbocycles. The first-order valence-electron chi connectivity index (χ1n) is 8.73. The van der Waals surface area contributed by atoms with Crippen LogP contribution in [0.1, 0.15) is 15.9 Å². The number of piperazine rings is 1. The molecule has 2 amide bonds. The van der Waals surface area contributed by atoms with E-state index in [-0.39, 0.29) is 11.8 Å². The van der Waals surface area contributed by atoms with Gasteiger partial charge in [0.2, 0.25) is 5.91 Å². The first-order valence-corrected chi connectivity index (χ1v) is 9.10. The van der Waals surface area contributed by atoms with Crippen LogP contribution in [0.15, 0.2) is 42.5 Å². The Morgan fingerprint density at radius 2 is 1.77 bits per heavy atom. The van der Waals surface area contributed by atoms with Crippen LogP contribution in [0.5, 0.6) is 0 Å². The number of rotatable bonds is 2. The maximum atomic E-state index is 12.7. The van der Waals surface area contributed by atoms with Crippen molar-refractivity contribution in [1.82, 2.24) is 4.90 Å². The average molecular weight is 370 g/mol. The Labute approximate surface area is 157 Å². The summed E-state index contributed by atoms with van der Waals surface area (Å²) in [4.78, 5) is 30.3. The van der Waals surface area contributed by atoms with Crippen LogP contribution in [-0.4, -0.2) is 49.9 Å². The molecule has 0 N–H and O–H groups in total. The summed E-state index contributed by atoms with van der Waals surface area (Å²) < 4.78 is 0. The van der Waals surface area contributed by atoms with Crippen molar-refractivity contribution in [3.05, 3.63) is 58.6 Å². The number of halogens is 1. The molecule has 2 heterocycles. The van der Waals surface area contributed by atoms with Gasteiger partial charge in [0.15, 0.2) is 0 Å². The summed E-state index contributed by atoms with van der Waals surface area (Å²) in [6.07, 6.45) is 0.463. The Morgan fingerprint density at radius 1 is 1.04 bits per heavy atom. The fourth-order valence-corrected chi connectivity index (χ4v) is 3.84. The number of carbonyl (C=O) groups excluding carboxylic acids is 2. The number of likely N-dealkylation sites (N-methyl/N-ethyl adjacent to an activating group) is 1. The smallest absolute Gasteiger partial charge is 0.255 e. The van der Waals surface area contributed by atoms with Gasteiger partial charge in [-0.15, -0.1) is 0 Å². The van der Waals surface area contributed by atoms with E-state index in [1.165, 1.54) is 0 Å². The lowest BCUT2D eigenvalue weighted by molar-refractivity contribution is -0.117.